The zero-order valence-corrected chi connectivity index (χ0v) is 17.2. The van der Waals surface area contributed by atoms with Gasteiger partial charge in [-0.2, -0.15) is 0 Å². The number of nitrogens with one attached hydrogen (secondary N) is 2. The Bertz CT molecular complexity index is 1200. The van der Waals surface area contributed by atoms with Crippen LogP contribution in [0.3, 0.4) is 0 Å². The van der Waals surface area contributed by atoms with Crippen LogP contribution in [0.2, 0.25) is 5.02 Å². The SMILES string of the molecule is CN(C)c1cc(NCC(=O)Nc2ccc(Cl)cc2)c2c(=O)n(C)c(=O)n(C)c2n1. The number of amides is 1. The summed E-state index contributed by atoms with van der Waals surface area (Å²) < 4.78 is 2.32. The van der Waals surface area contributed by atoms with Crippen molar-refractivity contribution in [2.75, 3.05) is 36.2 Å². The van der Waals surface area contributed by atoms with Crippen molar-refractivity contribution in [2.45, 2.75) is 0 Å². The number of aryl methyl sites for hydroxylation is 1. The lowest BCUT2D eigenvalue weighted by molar-refractivity contribution is -0.114. The second-order valence-corrected chi connectivity index (χ2v) is 7.17. The molecule has 10 heteroatoms. The Morgan fingerprint density at radius 2 is 1.79 bits per heavy atom. The summed E-state index contributed by atoms with van der Waals surface area (Å²) in [6, 6.07) is 8.41. The monoisotopic (exact) mass is 416 g/mol. The van der Waals surface area contributed by atoms with Gasteiger partial charge in [-0.25, -0.2) is 9.78 Å². The third kappa shape index (κ3) is 4.09. The summed E-state index contributed by atoms with van der Waals surface area (Å²) in [4.78, 5) is 43.5. The standard InChI is InChI=1S/C19H21ClN6O3/c1-24(2)14-9-13(16-17(23-14)25(3)19(29)26(4)18(16)28)21-10-15(27)22-12-7-5-11(20)6-8-12/h5-9H,10H2,1-4H3,(H,21,23)(H,22,27). The van der Waals surface area contributed by atoms with E-state index in [-0.39, 0.29) is 23.5 Å². The highest BCUT2D eigenvalue weighted by molar-refractivity contribution is 6.30. The molecule has 0 saturated carbocycles. The highest BCUT2D eigenvalue weighted by atomic mass is 35.5. The molecule has 2 N–H and O–H groups in total. The lowest BCUT2D eigenvalue weighted by Crippen LogP contribution is -2.38. The summed E-state index contributed by atoms with van der Waals surface area (Å²) in [6.07, 6.45) is 0. The number of halogens is 1. The molecular weight excluding hydrogens is 396 g/mol. The minimum Gasteiger partial charge on any atom is -0.375 e. The zero-order valence-electron chi connectivity index (χ0n) is 16.5. The van der Waals surface area contributed by atoms with Crippen LogP contribution < -0.4 is 26.8 Å². The molecule has 3 rings (SSSR count). The molecule has 0 bridgehead atoms. The van der Waals surface area contributed by atoms with Crippen molar-refractivity contribution in [2.24, 2.45) is 14.1 Å². The molecule has 0 radical (unpaired) electrons. The lowest BCUT2D eigenvalue weighted by Gasteiger charge is -2.17. The van der Waals surface area contributed by atoms with Crippen LogP contribution in [0.5, 0.6) is 0 Å². The van der Waals surface area contributed by atoms with Crippen LogP contribution in [-0.2, 0) is 18.9 Å². The number of hydrogen-bond acceptors (Lipinski definition) is 6. The molecule has 1 amide bonds. The van der Waals surface area contributed by atoms with E-state index in [9.17, 15) is 14.4 Å². The molecule has 9 nitrogen and oxygen atoms in total. The molecular formula is C19H21ClN6O3. The summed E-state index contributed by atoms with van der Waals surface area (Å²) >= 11 is 5.85. The summed E-state index contributed by atoms with van der Waals surface area (Å²) in [5.41, 5.74) is 0.304. The van der Waals surface area contributed by atoms with Gasteiger partial charge in [-0.3, -0.25) is 18.7 Å². The molecule has 0 aliphatic carbocycles. The number of pyridine rings is 1. The maximum Gasteiger partial charge on any atom is 0.332 e. The molecule has 0 unspecified atom stereocenters. The first-order valence-electron chi connectivity index (χ1n) is 8.76. The van der Waals surface area contributed by atoms with Crippen LogP contribution >= 0.6 is 11.6 Å². The second kappa shape index (κ2) is 7.96. The first-order valence-corrected chi connectivity index (χ1v) is 9.14. The van der Waals surface area contributed by atoms with E-state index in [2.05, 4.69) is 15.6 Å². The van der Waals surface area contributed by atoms with Gasteiger partial charge in [-0.1, -0.05) is 11.6 Å². The summed E-state index contributed by atoms with van der Waals surface area (Å²) in [6.45, 7) is -0.0827. The fourth-order valence-electron chi connectivity index (χ4n) is 2.82. The molecule has 2 heterocycles. The summed E-state index contributed by atoms with van der Waals surface area (Å²) in [5, 5.41) is 6.55. The summed E-state index contributed by atoms with van der Waals surface area (Å²) in [5.74, 6) is 0.242. The minimum atomic E-state index is -0.485. The van der Waals surface area contributed by atoms with Gasteiger partial charge in [0.25, 0.3) is 5.56 Å². The summed E-state index contributed by atoms with van der Waals surface area (Å²) in [7, 11) is 6.54. The highest BCUT2D eigenvalue weighted by Crippen LogP contribution is 2.23. The average Bonchev–Trinajstić information content (AvgIpc) is 2.70. The molecule has 0 fully saturated rings. The molecule has 0 saturated heterocycles. The van der Waals surface area contributed by atoms with Crippen LogP contribution in [-0.4, -0.2) is 40.7 Å². The molecule has 0 atom stereocenters. The van der Waals surface area contributed by atoms with Gasteiger partial charge >= 0.3 is 5.69 Å². The molecule has 0 aliphatic heterocycles. The van der Waals surface area contributed by atoms with Gasteiger partial charge in [0.05, 0.1) is 12.2 Å². The fraction of sp³-hybridized carbons (Fsp3) is 0.263. The zero-order chi connectivity index (χ0) is 21.3. The first kappa shape index (κ1) is 20.4. The van der Waals surface area contributed by atoms with Crippen molar-refractivity contribution >= 4 is 45.7 Å². The number of fused-ring (bicyclic) bond motifs is 1. The molecule has 152 valence electrons. The molecule has 3 aromatic rings. The predicted molar refractivity (Wildman–Crippen MR) is 115 cm³/mol. The van der Waals surface area contributed by atoms with E-state index < -0.39 is 11.2 Å². The number of nitrogens with zero attached hydrogens (tertiary/aromatic N) is 4. The Kier molecular flexibility index (Phi) is 5.60. The van der Waals surface area contributed by atoms with Crippen LogP contribution in [0.4, 0.5) is 17.2 Å². The lowest BCUT2D eigenvalue weighted by atomic mass is 10.2. The van der Waals surface area contributed by atoms with Gasteiger partial charge in [0.15, 0.2) is 5.65 Å². The van der Waals surface area contributed by atoms with Crippen molar-refractivity contribution < 1.29 is 4.79 Å². The predicted octanol–water partition coefficient (Wildman–Crippen LogP) is 1.40. The van der Waals surface area contributed by atoms with E-state index in [1.165, 1.54) is 11.6 Å². The molecule has 2 aromatic heterocycles. The van der Waals surface area contributed by atoms with Crippen molar-refractivity contribution in [3.63, 3.8) is 0 Å². The first-order chi connectivity index (χ1) is 13.7. The van der Waals surface area contributed by atoms with Crippen LogP contribution in [0.25, 0.3) is 11.0 Å². The van der Waals surface area contributed by atoms with E-state index in [4.69, 9.17) is 11.6 Å². The van der Waals surface area contributed by atoms with Gasteiger partial charge in [0.1, 0.15) is 11.2 Å². The maximum atomic E-state index is 12.7. The number of benzene rings is 1. The Labute approximate surface area is 171 Å². The number of aromatic nitrogens is 3. The van der Waals surface area contributed by atoms with Crippen molar-refractivity contribution in [3.05, 3.63) is 56.2 Å². The Hall–Kier alpha value is -3.33. The molecule has 29 heavy (non-hydrogen) atoms. The topological polar surface area (TPSA) is 101 Å². The van der Waals surface area contributed by atoms with Crippen molar-refractivity contribution in [1.29, 1.82) is 0 Å². The highest BCUT2D eigenvalue weighted by Gasteiger charge is 2.17. The normalized spacial score (nSPS) is 10.8. The van der Waals surface area contributed by atoms with Crippen LogP contribution in [0.15, 0.2) is 39.9 Å². The number of anilines is 3. The average molecular weight is 417 g/mol. The van der Waals surface area contributed by atoms with Gasteiger partial charge < -0.3 is 15.5 Å². The number of carbonyl (C=O) groups is 1. The van der Waals surface area contributed by atoms with E-state index in [0.29, 0.717) is 22.2 Å². The Morgan fingerprint density at radius 3 is 2.41 bits per heavy atom. The Balaban J connectivity index is 1.97. The quantitative estimate of drug-likeness (QED) is 0.652. The molecule has 0 spiro atoms. The smallest absolute Gasteiger partial charge is 0.332 e. The van der Waals surface area contributed by atoms with Gasteiger partial charge in [-0.05, 0) is 24.3 Å². The van der Waals surface area contributed by atoms with Gasteiger partial charge in [0.2, 0.25) is 5.91 Å². The Morgan fingerprint density at radius 1 is 1.14 bits per heavy atom. The fourth-order valence-corrected chi connectivity index (χ4v) is 2.95. The van der Waals surface area contributed by atoms with Crippen LogP contribution in [0, 0.1) is 0 Å². The number of carbonyl (C=O) groups excluding carboxylic acids is 1. The van der Waals surface area contributed by atoms with E-state index in [0.717, 1.165) is 4.57 Å². The number of rotatable bonds is 5. The third-order valence-corrected chi connectivity index (χ3v) is 4.67. The second-order valence-electron chi connectivity index (χ2n) is 6.74. The van der Waals surface area contributed by atoms with Gasteiger partial charge in [-0.15, -0.1) is 0 Å². The molecule has 1 aromatic carbocycles. The largest absolute Gasteiger partial charge is 0.375 e. The van der Waals surface area contributed by atoms with E-state index >= 15 is 0 Å². The number of hydrogen-bond donors (Lipinski definition) is 2. The maximum absolute atomic E-state index is 12.7. The van der Waals surface area contributed by atoms with Crippen molar-refractivity contribution in [1.82, 2.24) is 14.1 Å². The minimum absolute atomic E-state index is 0.0827. The van der Waals surface area contributed by atoms with Crippen LogP contribution in [0.1, 0.15) is 0 Å². The van der Waals surface area contributed by atoms with Crippen molar-refractivity contribution in [3.8, 4) is 0 Å². The van der Waals surface area contributed by atoms with E-state index in [1.54, 1.807) is 56.4 Å². The van der Waals surface area contributed by atoms with E-state index in [1.807, 2.05) is 0 Å². The molecule has 0 aliphatic rings. The van der Waals surface area contributed by atoms with Gasteiger partial charge in [0, 0.05) is 45.0 Å². The third-order valence-electron chi connectivity index (χ3n) is 4.42.